The third-order valence-electron chi connectivity index (χ3n) is 3.93. The number of aliphatic hydroxyl groups is 1. The van der Waals surface area contributed by atoms with Crippen LogP contribution in [0.1, 0.15) is 29.7 Å². The Kier molecular flexibility index (Phi) is 5.43. The van der Waals surface area contributed by atoms with Crippen molar-refractivity contribution in [1.29, 1.82) is 0 Å². The van der Waals surface area contributed by atoms with Gasteiger partial charge in [-0.1, -0.05) is 30.3 Å². The molecule has 2 N–H and O–H groups in total. The molecule has 1 unspecified atom stereocenters. The van der Waals surface area contributed by atoms with Crippen LogP contribution < -0.4 is 5.32 Å². The number of hydrogen-bond acceptors (Lipinski definition) is 6. The van der Waals surface area contributed by atoms with Crippen LogP contribution in [0.3, 0.4) is 0 Å². The lowest BCUT2D eigenvalue weighted by Gasteiger charge is -2.11. The predicted molar refractivity (Wildman–Crippen MR) is 94.0 cm³/mol. The van der Waals surface area contributed by atoms with Crippen LogP contribution in [0.15, 0.2) is 40.8 Å². The van der Waals surface area contributed by atoms with E-state index in [1.54, 1.807) is 11.7 Å². The normalized spacial score (nSPS) is 12.1. The fraction of sp³-hybridized carbons (Fsp3) is 0.333. The summed E-state index contributed by atoms with van der Waals surface area (Å²) in [5.41, 5.74) is 2.36. The van der Waals surface area contributed by atoms with Crippen LogP contribution in [0.2, 0.25) is 0 Å². The van der Waals surface area contributed by atoms with E-state index < -0.39 is 6.10 Å². The van der Waals surface area contributed by atoms with Gasteiger partial charge < -0.3 is 14.8 Å². The minimum absolute atomic E-state index is 0.159. The largest absolute Gasteiger partial charge is 0.419 e. The fourth-order valence-electron chi connectivity index (χ4n) is 2.58. The second kappa shape index (κ2) is 7.92. The Hall–Kier alpha value is -3.00. The zero-order chi connectivity index (χ0) is 18.5. The topological polar surface area (TPSA) is 106 Å². The summed E-state index contributed by atoms with van der Waals surface area (Å²) in [4.78, 5) is 12.0. The lowest BCUT2D eigenvalue weighted by molar-refractivity contribution is -0.121. The molecule has 3 aromatic rings. The van der Waals surface area contributed by atoms with Gasteiger partial charge in [0.25, 0.3) is 5.89 Å². The molecule has 0 spiro atoms. The van der Waals surface area contributed by atoms with Gasteiger partial charge in [0.15, 0.2) is 0 Å². The average molecular weight is 355 g/mol. The number of amides is 1. The Bertz CT molecular complexity index is 872. The number of benzene rings is 1. The molecule has 0 radical (unpaired) electrons. The van der Waals surface area contributed by atoms with E-state index in [9.17, 15) is 9.90 Å². The molecule has 8 nitrogen and oxygen atoms in total. The van der Waals surface area contributed by atoms with Crippen molar-refractivity contribution in [3.8, 4) is 11.6 Å². The van der Waals surface area contributed by atoms with Crippen LogP contribution >= 0.6 is 0 Å². The van der Waals surface area contributed by atoms with Crippen molar-refractivity contribution in [2.75, 3.05) is 6.54 Å². The molecule has 1 amide bonds. The van der Waals surface area contributed by atoms with Gasteiger partial charge in [0.1, 0.15) is 5.69 Å². The summed E-state index contributed by atoms with van der Waals surface area (Å²) in [5, 5.41) is 25.0. The predicted octanol–water partition coefficient (Wildman–Crippen LogP) is 1.56. The van der Waals surface area contributed by atoms with E-state index in [4.69, 9.17) is 4.42 Å². The van der Waals surface area contributed by atoms with Gasteiger partial charge >= 0.3 is 0 Å². The van der Waals surface area contributed by atoms with Crippen LogP contribution in [-0.2, 0) is 18.3 Å². The summed E-state index contributed by atoms with van der Waals surface area (Å²) in [6.07, 6.45) is -0.201. The number of rotatable bonds is 7. The van der Waals surface area contributed by atoms with E-state index >= 15 is 0 Å². The number of nitrogens with one attached hydrogen (secondary N) is 1. The number of aliphatic hydroxyl groups excluding tert-OH is 1. The van der Waals surface area contributed by atoms with E-state index in [1.807, 2.05) is 43.3 Å². The number of nitrogens with zero attached hydrogens (tertiary/aromatic N) is 4. The first-order valence-corrected chi connectivity index (χ1v) is 8.36. The molecule has 1 aromatic carbocycles. The Morgan fingerprint density at radius 3 is 2.77 bits per heavy atom. The van der Waals surface area contributed by atoms with Crippen molar-refractivity contribution in [3.63, 3.8) is 0 Å². The number of carbonyl (C=O) groups is 1. The van der Waals surface area contributed by atoms with Crippen LogP contribution in [0.25, 0.3) is 11.6 Å². The molecule has 3 rings (SSSR count). The molecule has 0 bridgehead atoms. The standard InChI is InChI=1S/C18H21N5O3/c1-12-10-14(23(2)22-12)18-21-20-17(26-18)9-8-16(25)19-11-15(24)13-6-4-3-5-7-13/h3-7,10,15,24H,8-9,11H2,1-2H3,(H,19,25). The van der Waals surface area contributed by atoms with Gasteiger partial charge in [-0.15, -0.1) is 10.2 Å². The van der Waals surface area contributed by atoms with Gasteiger partial charge in [0.2, 0.25) is 11.8 Å². The summed E-state index contributed by atoms with van der Waals surface area (Å²) in [6, 6.07) is 11.1. The molecule has 0 saturated carbocycles. The molecule has 0 fully saturated rings. The van der Waals surface area contributed by atoms with Crippen molar-refractivity contribution in [2.24, 2.45) is 7.05 Å². The number of aromatic nitrogens is 4. The van der Waals surface area contributed by atoms with Gasteiger partial charge in [-0.3, -0.25) is 9.48 Å². The highest BCUT2D eigenvalue weighted by Crippen LogP contribution is 2.18. The summed E-state index contributed by atoms with van der Waals surface area (Å²) in [7, 11) is 1.80. The van der Waals surface area contributed by atoms with Gasteiger partial charge in [0.05, 0.1) is 11.8 Å². The Morgan fingerprint density at radius 2 is 2.08 bits per heavy atom. The minimum atomic E-state index is -0.733. The summed E-state index contributed by atoms with van der Waals surface area (Å²) in [6.45, 7) is 2.04. The fourth-order valence-corrected chi connectivity index (χ4v) is 2.58. The van der Waals surface area contributed by atoms with E-state index in [0.29, 0.717) is 18.2 Å². The molecule has 0 saturated heterocycles. The lowest BCUT2D eigenvalue weighted by Crippen LogP contribution is -2.28. The summed E-state index contributed by atoms with van der Waals surface area (Å²) < 4.78 is 7.27. The van der Waals surface area contributed by atoms with E-state index in [1.165, 1.54) is 0 Å². The van der Waals surface area contributed by atoms with Gasteiger partial charge in [0, 0.05) is 26.4 Å². The van der Waals surface area contributed by atoms with Crippen molar-refractivity contribution in [3.05, 3.63) is 53.5 Å². The Balaban J connectivity index is 1.48. The second-order valence-electron chi connectivity index (χ2n) is 6.03. The van der Waals surface area contributed by atoms with E-state index in [-0.39, 0.29) is 18.9 Å². The summed E-state index contributed by atoms with van der Waals surface area (Å²) in [5.74, 6) is 0.580. The molecular weight excluding hydrogens is 334 g/mol. The van der Waals surface area contributed by atoms with Crippen molar-refractivity contribution in [2.45, 2.75) is 25.9 Å². The lowest BCUT2D eigenvalue weighted by atomic mass is 10.1. The van der Waals surface area contributed by atoms with Crippen LogP contribution in [0.5, 0.6) is 0 Å². The average Bonchev–Trinajstić information content (AvgIpc) is 3.24. The van der Waals surface area contributed by atoms with Crippen LogP contribution in [-0.4, -0.2) is 37.5 Å². The molecule has 2 heterocycles. The highest BCUT2D eigenvalue weighted by Gasteiger charge is 2.15. The molecule has 0 aliphatic rings. The maximum absolute atomic E-state index is 12.0. The SMILES string of the molecule is Cc1cc(-c2nnc(CCC(=O)NCC(O)c3ccccc3)o2)n(C)n1. The molecule has 2 aromatic heterocycles. The molecule has 8 heteroatoms. The molecule has 1 atom stereocenters. The number of carbonyl (C=O) groups excluding carboxylic acids is 1. The molecule has 136 valence electrons. The third kappa shape index (κ3) is 4.34. The van der Waals surface area contributed by atoms with Crippen molar-refractivity contribution >= 4 is 5.91 Å². The molecule has 0 aliphatic heterocycles. The maximum atomic E-state index is 12.0. The van der Waals surface area contributed by atoms with Gasteiger partial charge in [-0.05, 0) is 18.6 Å². The highest BCUT2D eigenvalue weighted by atomic mass is 16.4. The number of aryl methyl sites for hydroxylation is 3. The number of hydrogen-bond donors (Lipinski definition) is 2. The minimum Gasteiger partial charge on any atom is -0.419 e. The highest BCUT2D eigenvalue weighted by molar-refractivity contribution is 5.76. The van der Waals surface area contributed by atoms with Gasteiger partial charge in [-0.25, -0.2) is 0 Å². The first-order valence-electron chi connectivity index (χ1n) is 8.36. The van der Waals surface area contributed by atoms with Gasteiger partial charge in [-0.2, -0.15) is 5.10 Å². The van der Waals surface area contributed by atoms with Crippen molar-refractivity contribution in [1.82, 2.24) is 25.3 Å². The van der Waals surface area contributed by atoms with E-state index in [0.717, 1.165) is 17.0 Å². The van der Waals surface area contributed by atoms with Crippen LogP contribution in [0.4, 0.5) is 0 Å². The van der Waals surface area contributed by atoms with E-state index in [2.05, 4.69) is 20.6 Å². The maximum Gasteiger partial charge on any atom is 0.265 e. The quantitative estimate of drug-likeness (QED) is 0.666. The smallest absolute Gasteiger partial charge is 0.265 e. The summed E-state index contributed by atoms with van der Waals surface area (Å²) >= 11 is 0. The zero-order valence-corrected chi connectivity index (χ0v) is 14.7. The molecule has 0 aliphatic carbocycles. The monoisotopic (exact) mass is 355 g/mol. The zero-order valence-electron chi connectivity index (χ0n) is 14.7. The molecule has 26 heavy (non-hydrogen) atoms. The first kappa shape index (κ1) is 17.8. The second-order valence-corrected chi connectivity index (χ2v) is 6.03. The van der Waals surface area contributed by atoms with Crippen LogP contribution in [0, 0.1) is 6.92 Å². The Labute approximate surface area is 150 Å². The van der Waals surface area contributed by atoms with Crippen molar-refractivity contribution < 1.29 is 14.3 Å². The Morgan fingerprint density at radius 1 is 1.31 bits per heavy atom. The third-order valence-corrected chi connectivity index (χ3v) is 3.93. The molecular formula is C18H21N5O3. The first-order chi connectivity index (χ1) is 12.5.